The van der Waals surface area contributed by atoms with Crippen molar-refractivity contribution in [1.29, 1.82) is 0 Å². The normalized spacial score (nSPS) is 23.1. The summed E-state index contributed by atoms with van der Waals surface area (Å²) in [5, 5.41) is 3.87. The van der Waals surface area contributed by atoms with Crippen LogP contribution in [0.4, 0.5) is 0 Å². The van der Waals surface area contributed by atoms with Crippen LogP contribution in [0.1, 0.15) is 35.2 Å². The van der Waals surface area contributed by atoms with E-state index in [2.05, 4.69) is 85.0 Å². The van der Waals surface area contributed by atoms with E-state index in [0.717, 1.165) is 6.42 Å². The van der Waals surface area contributed by atoms with Crippen LogP contribution in [0.25, 0.3) is 11.1 Å². The molecule has 5 rings (SSSR count). The lowest BCUT2D eigenvalue weighted by Gasteiger charge is -2.35. The van der Waals surface area contributed by atoms with Crippen LogP contribution in [-0.2, 0) is 12.0 Å². The monoisotopic (exact) mass is 333 g/mol. The molecule has 2 bridgehead atoms. The van der Waals surface area contributed by atoms with E-state index >= 15 is 0 Å². The average molecular weight is 334 g/mol. The van der Waals surface area contributed by atoms with E-state index in [1.807, 2.05) is 0 Å². The molecule has 2 heteroatoms. The predicted molar refractivity (Wildman–Crippen MR) is 102 cm³/mol. The zero-order valence-corrected chi connectivity index (χ0v) is 14.4. The maximum atomic E-state index is 3.87. The van der Waals surface area contributed by atoms with Crippen LogP contribution in [-0.4, -0.2) is 0 Å². The maximum Gasteiger partial charge on any atom is 0.0672 e. The van der Waals surface area contributed by atoms with Gasteiger partial charge in [-0.1, -0.05) is 66.7 Å². The Morgan fingerprint density at radius 3 is 2.42 bits per heavy atom. The summed E-state index contributed by atoms with van der Waals surface area (Å²) in [5.41, 5.74) is 8.33. The average Bonchev–Trinajstić information content (AvgIpc) is 2.85. The lowest BCUT2D eigenvalue weighted by atomic mass is 9.81. The molecular weight excluding hydrogens is 314 g/mol. The molecule has 2 unspecified atom stereocenters. The quantitative estimate of drug-likeness (QED) is 0.642. The molecule has 24 heavy (non-hydrogen) atoms. The third-order valence-corrected chi connectivity index (χ3v) is 5.52. The molecule has 2 aliphatic heterocycles. The van der Waals surface area contributed by atoms with Crippen molar-refractivity contribution in [2.75, 3.05) is 0 Å². The lowest BCUT2D eigenvalue weighted by molar-refractivity contribution is 0.389. The number of benzene rings is 3. The van der Waals surface area contributed by atoms with Gasteiger partial charge < -0.3 is 0 Å². The standard InChI is InChI=1S/C22H19N.ClH/c1-22-19-10-6-5-9-18(19)21(23-22)14-17-12-11-16(13-20(17)22)15-7-3-2-4-8-15;/h2-13,21,23H,14H2,1H3;1H. The van der Waals surface area contributed by atoms with Crippen LogP contribution in [0.2, 0.25) is 0 Å². The highest BCUT2D eigenvalue weighted by molar-refractivity contribution is 5.85. The Labute approximate surface area is 149 Å². The summed E-state index contributed by atoms with van der Waals surface area (Å²) in [5.74, 6) is 0. The van der Waals surface area contributed by atoms with Crippen molar-refractivity contribution in [3.05, 3.63) is 95.1 Å². The van der Waals surface area contributed by atoms with Gasteiger partial charge in [0.25, 0.3) is 0 Å². The second kappa shape index (κ2) is 5.47. The topological polar surface area (TPSA) is 12.0 Å². The molecule has 1 nitrogen and oxygen atoms in total. The number of halogens is 1. The van der Waals surface area contributed by atoms with E-state index in [9.17, 15) is 0 Å². The van der Waals surface area contributed by atoms with Crippen molar-refractivity contribution in [1.82, 2.24) is 5.32 Å². The molecule has 0 aliphatic carbocycles. The molecule has 2 aliphatic rings. The van der Waals surface area contributed by atoms with Crippen molar-refractivity contribution in [3.63, 3.8) is 0 Å². The first kappa shape index (κ1) is 15.4. The molecule has 0 saturated carbocycles. The Kier molecular flexibility index (Phi) is 3.52. The minimum Gasteiger partial charge on any atom is -0.297 e. The molecule has 1 N–H and O–H groups in total. The zero-order valence-electron chi connectivity index (χ0n) is 13.6. The van der Waals surface area contributed by atoms with E-state index < -0.39 is 0 Å². The first-order valence-corrected chi connectivity index (χ1v) is 8.32. The SMILES string of the molecule is CC12NC(Cc3ccc(-c4ccccc4)cc31)c1ccccc12.Cl. The van der Waals surface area contributed by atoms with Crippen LogP contribution in [0.3, 0.4) is 0 Å². The van der Waals surface area contributed by atoms with Crippen LogP contribution < -0.4 is 5.32 Å². The van der Waals surface area contributed by atoms with E-state index in [-0.39, 0.29) is 17.9 Å². The molecule has 0 radical (unpaired) electrons. The Morgan fingerprint density at radius 2 is 1.58 bits per heavy atom. The smallest absolute Gasteiger partial charge is 0.0672 e. The van der Waals surface area contributed by atoms with Crippen molar-refractivity contribution in [2.24, 2.45) is 0 Å². The van der Waals surface area contributed by atoms with Crippen molar-refractivity contribution >= 4 is 12.4 Å². The van der Waals surface area contributed by atoms with Crippen molar-refractivity contribution in [3.8, 4) is 11.1 Å². The number of nitrogens with one attached hydrogen (secondary N) is 1. The first-order chi connectivity index (χ1) is 11.3. The highest BCUT2D eigenvalue weighted by atomic mass is 35.5. The zero-order chi connectivity index (χ0) is 15.4. The molecule has 3 aromatic carbocycles. The van der Waals surface area contributed by atoms with Gasteiger partial charge in [-0.05, 0) is 52.8 Å². The summed E-state index contributed by atoms with van der Waals surface area (Å²) in [6.07, 6.45) is 1.08. The van der Waals surface area contributed by atoms with Crippen LogP contribution in [0.5, 0.6) is 0 Å². The summed E-state index contributed by atoms with van der Waals surface area (Å²) in [6, 6.07) is 27.0. The Balaban J connectivity index is 0.00000146. The number of hydrogen-bond acceptors (Lipinski definition) is 1. The highest BCUT2D eigenvalue weighted by Gasteiger charge is 2.45. The molecular formula is C22H20ClN. The molecule has 0 saturated heterocycles. The Hall–Kier alpha value is -2.09. The molecule has 2 atom stereocenters. The predicted octanol–water partition coefficient (Wildman–Crippen LogP) is 5.24. The molecule has 0 spiro atoms. The fraction of sp³-hybridized carbons (Fsp3) is 0.182. The van der Waals surface area contributed by atoms with Crippen molar-refractivity contribution in [2.45, 2.75) is 24.9 Å². The van der Waals surface area contributed by atoms with Gasteiger partial charge in [0.2, 0.25) is 0 Å². The maximum absolute atomic E-state index is 3.87. The fourth-order valence-electron chi connectivity index (χ4n) is 4.39. The fourth-order valence-corrected chi connectivity index (χ4v) is 4.39. The molecule has 120 valence electrons. The van der Waals surface area contributed by atoms with E-state index in [1.54, 1.807) is 0 Å². The van der Waals surface area contributed by atoms with Gasteiger partial charge >= 0.3 is 0 Å². The van der Waals surface area contributed by atoms with E-state index in [1.165, 1.54) is 33.4 Å². The van der Waals surface area contributed by atoms with Gasteiger partial charge in [0, 0.05) is 6.04 Å². The number of rotatable bonds is 1. The third-order valence-electron chi connectivity index (χ3n) is 5.52. The highest BCUT2D eigenvalue weighted by Crippen LogP contribution is 2.48. The van der Waals surface area contributed by atoms with Gasteiger partial charge in [0.15, 0.2) is 0 Å². The summed E-state index contributed by atoms with van der Waals surface area (Å²) in [6.45, 7) is 2.33. The van der Waals surface area contributed by atoms with Crippen molar-refractivity contribution < 1.29 is 0 Å². The third kappa shape index (κ3) is 2.05. The molecule has 3 aromatic rings. The van der Waals surface area contributed by atoms with Gasteiger partial charge in [-0.3, -0.25) is 5.32 Å². The number of hydrogen-bond donors (Lipinski definition) is 1. The Bertz CT molecular complexity index is 903. The summed E-state index contributed by atoms with van der Waals surface area (Å²) >= 11 is 0. The van der Waals surface area contributed by atoms with E-state index in [0.29, 0.717) is 6.04 Å². The second-order valence-corrected chi connectivity index (χ2v) is 6.85. The van der Waals surface area contributed by atoms with Gasteiger partial charge in [0.05, 0.1) is 5.54 Å². The minimum absolute atomic E-state index is 0. The van der Waals surface area contributed by atoms with Gasteiger partial charge in [0.1, 0.15) is 0 Å². The largest absolute Gasteiger partial charge is 0.297 e. The van der Waals surface area contributed by atoms with Gasteiger partial charge in [-0.2, -0.15) is 0 Å². The molecule has 2 heterocycles. The van der Waals surface area contributed by atoms with Crippen LogP contribution in [0.15, 0.2) is 72.8 Å². The lowest BCUT2D eigenvalue weighted by Crippen LogP contribution is -2.41. The first-order valence-electron chi connectivity index (χ1n) is 8.32. The summed E-state index contributed by atoms with van der Waals surface area (Å²) < 4.78 is 0. The summed E-state index contributed by atoms with van der Waals surface area (Å²) in [7, 11) is 0. The van der Waals surface area contributed by atoms with Gasteiger partial charge in [-0.15, -0.1) is 12.4 Å². The molecule has 0 amide bonds. The Morgan fingerprint density at radius 1 is 0.833 bits per heavy atom. The minimum atomic E-state index is -0.0698. The van der Waals surface area contributed by atoms with Gasteiger partial charge in [-0.25, -0.2) is 0 Å². The summed E-state index contributed by atoms with van der Waals surface area (Å²) in [4.78, 5) is 0. The van der Waals surface area contributed by atoms with Crippen LogP contribution >= 0.6 is 12.4 Å². The van der Waals surface area contributed by atoms with Crippen LogP contribution in [0, 0.1) is 0 Å². The number of fused-ring (bicyclic) bond motifs is 7. The molecule has 0 fully saturated rings. The molecule has 0 aromatic heterocycles. The second-order valence-electron chi connectivity index (χ2n) is 6.85. The van der Waals surface area contributed by atoms with E-state index in [4.69, 9.17) is 0 Å².